The second-order valence-electron chi connectivity index (χ2n) is 4.46. The molecule has 0 saturated carbocycles. The van der Waals surface area contributed by atoms with Gasteiger partial charge < -0.3 is 9.47 Å². The van der Waals surface area contributed by atoms with E-state index in [2.05, 4.69) is 6.07 Å². The van der Waals surface area contributed by atoms with Gasteiger partial charge in [0.1, 0.15) is 11.5 Å². The predicted octanol–water partition coefficient (Wildman–Crippen LogP) is 3.11. The molecule has 0 aromatic heterocycles. The van der Waals surface area contributed by atoms with Crippen molar-refractivity contribution in [2.45, 2.75) is 6.42 Å². The van der Waals surface area contributed by atoms with Crippen LogP contribution in [0.3, 0.4) is 0 Å². The molecule has 0 atom stereocenters. The molecule has 3 heteroatoms. The van der Waals surface area contributed by atoms with Crippen LogP contribution in [0.5, 0.6) is 11.5 Å². The number of aldehydes is 1. The molecule has 3 rings (SSSR count). The zero-order valence-corrected chi connectivity index (χ0v) is 10.7. The summed E-state index contributed by atoms with van der Waals surface area (Å²) in [6.07, 6.45) is 1.78. The van der Waals surface area contributed by atoms with Gasteiger partial charge in [-0.15, -0.1) is 0 Å². The molecule has 0 spiro atoms. The summed E-state index contributed by atoms with van der Waals surface area (Å²) in [4.78, 5) is 11.3. The molecule has 2 aromatic rings. The monoisotopic (exact) mass is 254 g/mol. The van der Waals surface area contributed by atoms with E-state index >= 15 is 0 Å². The van der Waals surface area contributed by atoms with Crippen molar-refractivity contribution in [3.63, 3.8) is 0 Å². The van der Waals surface area contributed by atoms with Crippen LogP contribution in [0.4, 0.5) is 0 Å². The van der Waals surface area contributed by atoms with Crippen LogP contribution in [0, 0.1) is 0 Å². The van der Waals surface area contributed by atoms with Crippen molar-refractivity contribution in [2.75, 3.05) is 13.7 Å². The Hall–Kier alpha value is -2.29. The lowest BCUT2D eigenvalue weighted by Gasteiger charge is -2.11. The molecule has 0 saturated heterocycles. The van der Waals surface area contributed by atoms with Crippen LogP contribution in [0.2, 0.25) is 0 Å². The van der Waals surface area contributed by atoms with Crippen molar-refractivity contribution in [3.8, 4) is 22.6 Å². The SMILES string of the molecule is COc1ccc(-c2cccc3c2OCC3)c(C=O)c1. The summed E-state index contributed by atoms with van der Waals surface area (Å²) in [5.74, 6) is 1.58. The van der Waals surface area contributed by atoms with Crippen molar-refractivity contribution in [2.24, 2.45) is 0 Å². The van der Waals surface area contributed by atoms with E-state index in [-0.39, 0.29) is 0 Å². The quantitative estimate of drug-likeness (QED) is 0.789. The van der Waals surface area contributed by atoms with Crippen LogP contribution in [0.15, 0.2) is 36.4 Å². The van der Waals surface area contributed by atoms with Gasteiger partial charge >= 0.3 is 0 Å². The van der Waals surface area contributed by atoms with Gasteiger partial charge in [-0.3, -0.25) is 4.79 Å². The van der Waals surface area contributed by atoms with Crippen LogP contribution < -0.4 is 9.47 Å². The van der Waals surface area contributed by atoms with Gasteiger partial charge in [0.05, 0.1) is 13.7 Å². The molecule has 0 amide bonds. The average Bonchev–Trinajstić information content (AvgIpc) is 2.95. The van der Waals surface area contributed by atoms with E-state index in [1.807, 2.05) is 24.3 Å². The fourth-order valence-corrected chi connectivity index (χ4v) is 2.44. The summed E-state index contributed by atoms with van der Waals surface area (Å²) in [5, 5.41) is 0. The molecular formula is C16H14O3. The molecule has 0 bridgehead atoms. The Kier molecular flexibility index (Phi) is 2.95. The maximum absolute atomic E-state index is 11.3. The second kappa shape index (κ2) is 4.76. The van der Waals surface area contributed by atoms with Gasteiger partial charge in [0.15, 0.2) is 6.29 Å². The molecule has 1 heterocycles. The molecule has 0 unspecified atom stereocenters. The molecule has 0 aliphatic carbocycles. The lowest BCUT2D eigenvalue weighted by atomic mass is 9.97. The van der Waals surface area contributed by atoms with E-state index in [0.717, 1.165) is 29.6 Å². The fraction of sp³-hybridized carbons (Fsp3) is 0.188. The number of para-hydroxylation sites is 1. The molecular weight excluding hydrogens is 240 g/mol. The highest BCUT2D eigenvalue weighted by Gasteiger charge is 2.18. The number of methoxy groups -OCH3 is 1. The topological polar surface area (TPSA) is 35.5 Å². The predicted molar refractivity (Wildman–Crippen MR) is 73.0 cm³/mol. The third-order valence-electron chi connectivity index (χ3n) is 3.39. The van der Waals surface area contributed by atoms with Crippen LogP contribution in [0.1, 0.15) is 15.9 Å². The number of fused-ring (bicyclic) bond motifs is 1. The highest BCUT2D eigenvalue weighted by molar-refractivity contribution is 5.90. The second-order valence-corrected chi connectivity index (χ2v) is 4.46. The Labute approximate surface area is 111 Å². The van der Waals surface area contributed by atoms with E-state index in [4.69, 9.17) is 9.47 Å². The van der Waals surface area contributed by atoms with Gasteiger partial charge in [0.25, 0.3) is 0 Å². The lowest BCUT2D eigenvalue weighted by molar-refractivity contribution is 0.112. The zero-order valence-electron chi connectivity index (χ0n) is 10.7. The Bertz CT molecular complexity index is 632. The Morgan fingerprint density at radius 2 is 2.11 bits per heavy atom. The first-order chi connectivity index (χ1) is 9.33. The minimum Gasteiger partial charge on any atom is -0.497 e. The molecule has 96 valence electrons. The third kappa shape index (κ3) is 1.97. The summed E-state index contributed by atoms with van der Waals surface area (Å²) < 4.78 is 10.8. The summed E-state index contributed by atoms with van der Waals surface area (Å²) in [7, 11) is 1.59. The summed E-state index contributed by atoms with van der Waals surface area (Å²) in [6.45, 7) is 0.707. The van der Waals surface area contributed by atoms with Crippen molar-refractivity contribution >= 4 is 6.29 Å². The number of hydrogen-bond acceptors (Lipinski definition) is 3. The zero-order chi connectivity index (χ0) is 13.2. The highest BCUT2D eigenvalue weighted by Crippen LogP contribution is 2.38. The largest absolute Gasteiger partial charge is 0.497 e. The molecule has 0 radical (unpaired) electrons. The molecule has 1 aliphatic rings. The van der Waals surface area contributed by atoms with Gasteiger partial charge in [-0.05, 0) is 29.3 Å². The highest BCUT2D eigenvalue weighted by atomic mass is 16.5. The Morgan fingerprint density at radius 3 is 2.89 bits per heavy atom. The van der Waals surface area contributed by atoms with Crippen LogP contribution in [-0.2, 0) is 6.42 Å². The number of carbonyl (C=O) groups is 1. The van der Waals surface area contributed by atoms with Crippen molar-refractivity contribution < 1.29 is 14.3 Å². The van der Waals surface area contributed by atoms with Crippen LogP contribution >= 0.6 is 0 Å². The summed E-state index contributed by atoms with van der Waals surface area (Å²) in [6, 6.07) is 11.6. The Morgan fingerprint density at radius 1 is 1.21 bits per heavy atom. The van der Waals surface area contributed by atoms with Gasteiger partial charge in [-0.25, -0.2) is 0 Å². The van der Waals surface area contributed by atoms with Crippen molar-refractivity contribution in [3.05, 3.63) is 47.5 Å². The molecule has 0 fully saturated rings. The first-order valence-electron chi connectivity index (χ1n) is 6.22. The average molecular weight is 254 g/mol. The normalized spacial score (nSPS) is 12.7. The number of benzene rings is 2. The molecule has 3 nitrogen and oxygen atoms in total. The number of ether oxygens (including phenoxy) is 2. The summed E-state index contributed by atoms with van der Waals surface area (Å²) in [5.41, 5.74) is 3.67. The molecule has 0 N–H and O–H groups in total. The third-order valence-corrected chi connectivity index (χ3v) is 3.39. The Balaban J connectivity index is 2.17. The maximum Gasteiger partial charge on any atom is 0.150 e. The number of hydrogen-bond donors (Lipinski definition) is 0. The van der Waals surface area contributed by atoms with Crippen molar-refractivity contribution in [1.82, 2.24) is 0 Å². The van der Waals surface area contributed by atoms with E-state index < -0.39 is 0 Å². The van der Waals surface area contributed by atoms with Gasteiger partial charge in [-0.1, -0.05) is 18.2 Å². The van der Waals surface area contributed by atoms with Crippen molar-refractivity contribution in [1.29, 1.82) is 0 Å². The first kappa shape index (κ1) is 11.8. The van der Waals surface area contributed by atoms with Gasteiger partial charge in [0, 0.05) is 17.5 Å². The first-order valence-corrected chi connectivity index (χ1v) is 6.22. The van der Waals surface area contributed by atoms with Crippen LogP contribution in [0.25, 0.3) is 11.1 Å². The van der Waals surface area contributed by atoms with E-state index in [1.54, 1.807) is 13.2 Å². The van der Waals surface area contributed by atoms with E-state index in [1.165, 1.54) is 5.56 Å². The minimum absolute atomic E-state index is 0.614. The number of rotatable bonds is 3. The van der Waals surface area contributed by atoms with E-state index in [9.17, 15) is 4.79 Å². The molecule has 1 aliphatic heterocycles. The number of carbonyl (C=O) groups excluding carboxylic acids is 1. The van der Waals surface area contributed by atoms with Crippen LogP contribution in [-0.4, -0.2) is 20.0 Å². The lowest BCUT2D eigenvalue weighted by Crippen LogP contribution is -1.93. The van der Waals surface area contributed by atoms with E-state index in [0.29, 0.717) is 17.9 Å². The standard InChI is InChI=1S/C16H14O3/c1-18-13-5-6-14(12(9-13)10-17)15-4-2-3-11-7-8-19-16(11)15/h2-6,9-10H,7-8H2,1H3. The smallest absolute Gasteiger partial charge is 0.150 e. The summed E-state index contributed by atoms with van der Waals surface area (Å²) >= 11 is 0. The molecule has 19 heavy (non-hydrogen) atoms. The maximum atomic E-state index is 11.3. The fourth-order valence-electron chi connectivity index (χ4n) is 2.44. The minimum atomic E-state index is 0.614. The van der Waals surface area contributed by atoms with Gasteiger partial charge in [-0.2, -0.15) is 0 Å². The van der Waals surface area contributed by atoms with Gasteiger partial charge in [0.2, 0.25) is 0 Å². The molecule has 2 aromatic carbocycles.